The molecule has 0 aromatic heterocycles. The van der Waals surface area contributed by atoms with Crippen molar-refractivity contribution >= 4 is 11.8 Å². The number of benzene rings is 3. The average molecular weight is 372 g/mol. The molecule has 0 saturated heterocycles. The summed E-state index contributed by atoms with van der Waals surface area (Å²) >= 11 is 0. The van der Waals surface area contributed by atoms with E-state index in [1.807, 2.05) is 42.5 Å². The van der Waals surface area contributed by atoms with E-state index >= 15 is 0 Å². The van der Waals surface area contributed by atoms with Crippen molar-refractivity contribution in [3.8, 4) is 0 Å². The molecule has 3 aromatic carbocycles. The zero-order valence-electron chi connectivity index (χ0n) is 15.7. The Morgan fingerprint density at radius 1 is 0.571 bits per heavy atom. The fraction of sp³-hybridized carbons (Fsp3) is 0.167. The van der Waals surface area contributed by atoms with E-state index < -0.39 is 0 Å². The second-order valence-electron chi connectivity index (χ2n) is 6.56. The van der Waals surface area contributed by atoms with Crippen molar-refractivity contribution in [3.63, 3.8) is 0 Å². The minimum atomic E-state index is -0.0552. The molecule has 142 valence electrons. The van der Waals surface area contributed by atoms with Crippen LogP contribution in [0.5, 0.6) is 0 Å². The highest BCUT2D eigenvalue weighted by Gasteiger charge is 2.05. The second-order valence-corrected chi connectivity index (χ2v) is 6.56. The van der Waals surface area contributed by atoms with Gasteiger partial charge in [-0.15, -0.1) is 0 Å². The third kappa shape index (κ3) is 5.81. The van der Waals surface area contributed by atoms with Crippen LogP contribution in [-0.4, -0.2) is 24.9 Å². The molecular weight excluding hydrogens is 348 g/mol. The topological polar surface area (TPSA) is 58.2 Å². The number of carbonyl (C=O) groups is 2. The first kappa shape index (κ1) is 19.4. The number of hydrogen-bond donors (Lipinski definition) is 2. The lowest BCUT2D eigenvalue weighted by Crippen LogP contribution is -2.26. The Morgan fingerprint density at radius 3 is 1.43 bits per heavy atom. The Balaban J connectivity index is 1.43. The quantitative estimate of drug-likeness (QED) is 0.634. The van der Waals surface area contributed by atoms with Crippen LogP contribution in [0.1, 0.15) is 31.8 Å². The van der Waals surface area contributed by atoms with Gasteiger partial charge in [0.25, 0.3) is 11.8 Å². The molecular formula is C24H24N2O2. The molecule has 0 spiro atoms. The van der Waals surface area contributed by atoms with E-state index in [1.54, 1.807) is 24.3 Å². The van der Waals surface area contributed by atoms with Crippen LogP contribution in [0.25, 0.3) is 0 Å². The molecule has 28 heavy (non-hydrogen) atoms. The van der Waals surface area contributed by atoms with Crippen molar-refractivity contribution in [3.05, 3.63) is 107 Å². The van der Waals surface area contributed by atoms with Crippen LogP contribution in [0.15, 0.2) is 84.9 Å². The van der Waals surface area contributed by atoms with Crippen molar-refractivity contribution < 1.29 is 9.59 Å². The summed E-state index contributed by atoms with van der Waals surface area (Å²) in [6, 6.07) is 26.7. The van der Waals surface area contributed by atoms with E-state index in [-0.39, 0.29) is 11.8 Å². The molecule has 2 amide bonds. The van der Waals surface area contributed by atoms with Crippen molar-refractivity contribution in [1.82, 2.24) is 10.6 Å². The van der Waals surface area contributed by atoms with E-state index in [0.29, 0.717) is 24.2 Å². The van der Waals surface area contributed by atoms with Gasteiger partial charge in [-0.1, -0.05) is 60.7 Å². The van der Waals surface area contributed by atoms with Gasteiger partial charge >= 0.3 is 0 Å². The Morgan fingerprint density at radius 2 is 1.00 bits per heavy atom. The minimum Gasteiger partial charge on any atom is -0.352 e. The Bertz CT molecular complexity index is 835. The molecule has 0 atom stereocenters. The lowest BCUT2D eigenvalue weighted by molar-refractivity contribution is 0.0946. The molecule has 0 saturated carbocycles. The van der Waals surface area contributed by atoms with Crippen LogP contribution in [0.2, 0.25) is 0 Å². The molecule has 4 heteroatoms. The highest BCUT2D eigenvalue weighted by Crippen LogP contribution is 2.07. The number of nitrogens with one attached hydrogen (secondary N) is 2. The molecule has 0 radical (unpaired) electrons. The van der Waals surface area contributed by atoms with Gasteiger partial charge in [0.1, 0.15) is 0 Å². The van der Waals surface area contributed by atoms with Gasteiger partial charge in [0.2, 0.25) is 0 Å². The van der Waals surface area contributed by atoms with E-state index in [9.17, 15) is 9.59 Å². The molecule has 2 N–H and O–H groups in total. The van der Waals surface area contributed by atoms with E-state index in [1.165, 1.54) is 11.1 Å². The standard InChI is InChI=1S/C24H24N2O2/c27-23(21-10-3-1-4-11-21)25-16-14-19-8-7-9-20(18-19)15-17-26-24(28)22-12-5-2-6-13-22/h1-13,18H,14-17H2,(H,25,27)(H,26,28). The molecule has 0 unspecified atom stereocenters. The van der Waals surface area contributed by atoms with Crippen molar-refractivity contribution in [2.24, 2.45) is 0 Å². The fourth-order valence-electron chi connectivity index (χ4n) is 2.96. The van der Waals surface area contributed by atoms with Gasteiger partial charge in [0, 0.05) is 24.2 Å². The van der Waals surface area contributed by atoms with Gasteiger partial charge in [-0.05, 0) is 48.2 Å². The SMILES string of the molecule is O=C(NCCc1cccc(CCNC(=O)c2ccccc2)c1)c1ccccc1. The first-order chi connectivity index (χ1) is 13.7. The predicted octanol–water partition coefficient (Wildman–Crippen LogP) is 3.63. The molecule has 0 aliphatic carbocycles. The third-order valence-corrected chi connectivity index (χ3v) is 4.46. The van der Waals surface area contributed by atoms with Gasteiger partial charge in [0.15, 0.2) is 0 Å². The van der Waals surface area contributed by atoms with Crippen LogP contribution in [0.4, 0.5) is 0 Å². The molecule has 0 aliphatic heterocycles. The van der Waals surface area contributed by atoms with Gasteiger partial charge in [-0.2, -0.15) is 0 Å². The van der Waals surface area contributed by atoms with E-state index in [4.69, 9.17) is 0 Å². The lowest BCUT2D eigenvalue weighted by atomic mass is 10.1. The van der Waals surface area contributed by atoms with Crippen LogP contribution in [0.3, 0.4) is 0 Å². The predicted molar refractivity (Wildman–Crippen MR) is 111 cm³/mol. The molecule has 0 heterocycles. The Kier molecular flexibility index (Phi) is 6.96. The molecule has 0 fully saturated rings. The molecule has 0 bridgehead atoms. The maximum atomic E-state index is 12.1. The summed E-state index contributed by atoms with van der Waals surface area (Å²) in [7, 11) is 0. The van der Waals surface area contributed by atoms with Gasteiger partial charge in [0.05, 0.1) is 0 Å². The van der Waals surface area contributed by atoms with Crippen LogP contribution in [0, 0.1) is 0 Å². The lowest BCUT2D eigenvalue weighted by Gasteiger charge is -2.08. The largest absolute Gasteiger partial charge is 0.352 e. The number of rotatable bonds is 8. The second kappa shape index (κ2) is 10.1. The molecule has 3 aromatic rings. The first-order valence-electron chi connectivity index (χ1n) is 9.47. The number of carbonyl (C=O) groups excluding carboxylic acids is 2. The zero-order chi connectivity index (χ0) is 19.6. The fourth-order valence-corrected chi connectivity index (χ4v) is 2.96. The Labute approximate surface area is 165 Å². The smallest absolute Gasteiger partial charge is 0.251 e. The summed E-state index contributed by atoms with van der Waals surface area (Å²) in [6.45, 7) is 1.17. The molecule has 0 aliphatic rings. The van der Waals surface area contributed by atoms with Gasteiger partial charge < -0.3 is 10.6 Å². The van der Waals surface area contributed by atoms with Crippen LogP contribution in [-0.2, 0) is 12.8 Å². The summed E-state index contributed by atoms with van der Waals surface area (Å²) < 4.78 is 0. The van der Waals surface area contributed by atoms with Crippen LogP contribution >= 0.6 is 0 Å². The number of amides is 2. The maximum absolute atomic E-state index is 12.1. The van der Waals surface area contributed by atoms with Gasteiger partial charge in [-0.25, -0.2) is 0 Å². The van der Waals surface area contributed by atoms with Crippen molar-refractivity contribution in [1.29, 1.82) is 0 Å². The summed E-state index contributed by atoms with van der Waals surface area (Å²) in [5.41, 5.74) is 3.68. The average Bonchev–Trinajstić information content (AvgIpc) is 2.75. The van der Waals surface area contributed by atoms with Crippen molar-refractivity contribution in [2.75, 3.05) is 13.1 Å². The van der Waals surface area contributed by atoms with E-state index in [0.717, 1.165) is 12.8 Å². The molecule has 3 rings (SSSR count). The minimum absolute atomic E-state index is 0.0552. The maximum Gasteiger partial charge on any atom is 0.251 e. The summed E-state index contributed by atoms with van der Waals surface area (Å²) in [5.74, 6) is -0.110. The number of hydrogen-bond acceptors (Lipinski definition) is 2. The van der Waals surface area contributed by atoms with Crippen molar-refractivity contribution in [2.45, 2.75) is 12.8 Å². The third-order valence-electron chi connectivity index (χ3n) is 4.46. The first-order valence-corrected chi connectivity index (χ1v) is 9.47. The summed E-state index contributed by atoms with van der Waals surface area (Å²) in [6.07, 6.45) is 1.53. The monoisotopic (exact) mass is 372 g/mol. The Hall–Kier alpha value is -3.40. The molecule has 4 nitrogen and oxygen atoms in total. The summed E-state index contributed by atoms with van der Waals surface area (Å²) in [5, 5.41) is 5.89. The van der Waals surface area contributed by atoms with Gasteiger partial charge in [-0.3, -0.25) is 9.59 Å². The summed E-state index contributed by atoms with van der Waals surface area (Å²) in [4.78, 5) is 24.1. The van der Waals surface area contributed by atoms with E-state index in [2.05, 4.69) is 28.8 Å². The normalized spacial score (nSPS) is 10.3. The van der Waals surface area contributed by atoms with Crippen LogP contribution < -0.4 is 10.6 Å². The zero-order valence-corrected chi connectivity index (χ0v) is 15.7. The highest BCUT2D eigenvalue weighted by atomic mass is 16.2. The highest BCUT2D eigenvalue weighted by molar-refractivity contribution is 5.94.